The summed E-state index contributed by atoms with van der Waals surface area (Å²) in [5.74, 6) is -5.16. The van der Waals surface area contributed by atoms with E-state index in [9.17, 15) is 31.9 Å². The van der Waals surface area contributed by atoms with E-state index in [0.29, 0.717) is 57.4 Å². The van der Waals surface area contributed by atoms with E-state index in [2.05, 4.69) is 5.32 Å². The van der Waals surface area contributed by atoms with Crippen molar-refractivity contribution in [3.8, 4) is 0 Å². The van der Waals surface area contributed by atoms with E-state index in [4.69, 9.17) is 14.2 Å². The standard InChI is InChI=1S/C16H25F2NO4.C14H23F2NO2.ClH/c1-22-14(20)12-5-8-19(15(21)23-2)13(10-12)9-11-3-6-16(17,18)7-4-11;1-19-13(18)11-4-7-17-12(9-11)8-10-2-5-14(15,16)6-3-10;/h11-13H,3-10H2,1-2H3;10-12,17H,2-9H2,1H3;1H. The third kappa shape index (κ3) is 11.6. The van der Waals surface area contributed by atoms with Gasteiger partial charge in [-0.15, -0.1) is 12.4 Å². The largest absolute Gasteiger partial charge is 0.469 e. The Balaban J connectivity index is 0.000000298. The lowest BCUT2D eigenvalue weighted by atomic mass is 9.79. The minimum absolute atomic E-state index is 0. The Hall–Kier alpha value is -1.82. The Morgan fingerprint density at radius 2 is 1.21 bits per heavy atom. The summed E-state index contributed by atoms with van der Waals surface area (Å²) < 4.78 is 67.2. The first-order chi connectivity index (χ1) is 19.9. The van der Waals surface area contributed by atoms with Gasteiger partial charge in [-0.25, -0.2) is 22.4 Å². The topological polar surface area (TPSA) is 94.2 Å². The molecule has 0 bridgehead atoms. The van der Waals surface area contributed by atoms with Crippen molar-refractivity contribution in [1.29, 1.82) is 0 Å². The molecule has 4 aliphatic rings. The summed E-state index contributed by atoms with van der Waals surface area (Å²) in [6, 6.07) is 0.117. The van der Waals surface area contributed by atoms with E-state index >= 15 is 0 Å². The van der Waals surface area contributed by atoms with Crippen molar-refractivity contribution in [2.24, 2.45) is 23.7 Å². The summed E-state index contributed by atoms with van der Waals surface area (Å²) in [7, 11) is 4.10. The lowest BCUT2D eigenvalue weighted by Crippen LogP contribution is -2.48. The zero-order valence-corrected chi connectivity index (χ0v) is 26.4. The molecule has 2 heterocycles. The quantitative estimate of drug-likeness (QED) is 0.204. The van der Waals surface area contributed by atoms with Crippen LogP contribution in [-0.2, 0) is 23.8 Å². The fourth-order valence-corrected chi connectivity index (χ4v) is 7.04. The van der Waals surface area contributed by atoms with Crippen molar-refractivity contribution >= 4 is 30.4 Å². The highest BCUT2D eigenvalue weighted by molar-refractivity contribution is 5.85. The number of likely N-dealkylation sites (tertiary alicyclic amines) is 1. The number of rotatable bonds is 6. The van der Waals surface area contributed by atoms with Crippen LogP contribution in [-0.4, -0.2) is 81.3 Å². The summed E-state index contributed by atoms with van der Waals surface area (Å²) >= 11 is 0. The first-order valence-electron chi connectivity index (χ1n) is 15.4. The third-order valence-electron chi connectivity index (χ3n) is 9.59. The molecule has 0 aromatic rings. The minimum atomic E-state index is -2.56. The van der Waals surface area contributed by atoms with Crippen molar-refractivity contribution in [2.75, 3.05) is 34.4 Å². The molecule has 43 heavy (non-hydrogen) atoms. The second-order valence-electron chi connectivity index (χ2n) is 12.5. The zero-order chi connectivity index (χ0) is 30.9. The van der Waals surface area contributed by atoms with Crippen LogP contribution < -0.4 is 5.32 Å². The number of nitrogens with zero attached hydrogens (tertiary/aromatic N) is 1. The van der Waals surface area contributed by atoms with E-state index in [1.165, 1.54) is 21.3 Å². The van der Waals surface area contributed by atoms with Crippen LogP contribution in [0.5, 0.6) is 0 Å². The van der Waals surface area contributed by atoms with Gasteiger partial charge in [0.25, 0.3) is 0 Å². The average molecular weight is 645 g/mol. The van der Waals surface area contributed by atoms with Gasteiger partial charge in [-0.2, -0.15) is 0 Å². The number of esters is 2. The molecule has 1 N–H and O–H groups in total. The molecule has 8 nitrogen and oxygen atoms in total. The molecule has 0 spiro atoms. The lowest BCUT2D eigenvalue weighted by Gasteiger charge is -2.40. The molecule has 0 radical (unpaired) electrons. The highest BCUT2D eigenvalue weighted by atomic mass is 35.5. The maximum absolute atomic E-state index is 13.3. The number of methoxy groups -OCH3 is 3. The highest BCUT2D eigenvalue weighted by Crippen LogP contribution is 2.40. The number of nitrogens with one attached hydrogen (secondary N) is 1. The smallest absolute Gasteiger partial charge is 0.409 e. The van der Waals surface area contributed by atoms with Crippen LogP contribution in [0.3, 0.4) is 0 Å². The van der Waals surface area contributed by atoms with Gasteiger partial charge >= 0.3 is 18.0 Å². The Morgan fingerprint density at radius 3 is 1.70 bits per heavy atom. The molecule has 13 heteroatoms. The van der Waals surface area contributed by atoms with Crippen LogP contribution in [0.4, 0.5) is 22.4 Å². The number of piperidine rings is 2. The fraction of sp³-hybridized carbons (Fsp3) is 0.900. The van der Waals surface area contributed by atoms with Gasteiger partial charge in [0.2, 0.25) is 11.8 Å². The average Bonchev–Trinajstić information content (AvgIpc) is 2.98. The van der Waals surface area contributed by atoms with E-state index < -0.39 is 17.9 Å². The number of hydrogen-bond acceptors (Lipinski definition) is 7. The number of ether oxygens (including phenoxy) is 3. The van der Waals surface area contributed by atoms with E-state index in [0.717, 1.165) is 25.8 Å². The zero-order valence-electron chi connectivity index (χ0n) is 25.6. The molecular weight excluding hydrogens is 596 g/mol. The van der Waals surface area contributed by atoms with Crippen LogP contribution in [0.15, 0.2) is 0 Å². The summed E-state index contributed by atoms with van der Waals surface area (Å²) in [5, 5.41) is 3.40. The first-order valence-corrected chi connectivity index (χ1v) is 15.4. The maximum Gasteiger partial charge on any atom is 0.409 e. The SMILES string of the molecule is COC(=O)C1CCN(C(=O)OC)C(CC2CCC(F)(F)CC2)C1.COC(=O)C1CCNC(CC2CCC(F)(F)CC2)C1.Cl. The number of halogens is 5. The predicted octanol–water partition coefficient (Wildman–Crippen LogP) is 6.39. The third-order valence-corrected chi connectivity index (χ3v) is 9.59. The monoisotopic (exact) mass is 644 g/mol. The van der Waals surface area contributed by atoms with Crippen LogP contribution >= 0.6 is 12.4 Å². The summed E-state index contributed by atoms with van der Waals surface area (Å²) in [6.07, 6.45) is 5.75. The van der Waals surface area contributed by atoms with Crippen molar-refractivity contribution in [1.82, 2.24) is 10.2 Å². The normalized spacial score (nSPS) is 29.2. The van der Waals surface area contributed by atoms with Gasteiger partial charge in [0, 0.05) is 44.3 Å². The number of carbonyl (C=O) groups excluding carboxylic acids is 3. The van der Waals surface area contributed by atoms with E-state index in [1.807, 2.05) is 0 Å². The fourth-order valence-electron chi connectivity index (χ4n) is 7.04. The molecule has 4 atom stereocenters. The molecule has 4 rings (SSSR count). The molecule has 2 saturated heterocycles. The maximum atomic E-state index is 13.3. The van der Waals surface area contributed by atoms with Gasteiger partial charge in [0.05, 0.1) is 33.2 Å². The molecule has 4 fully saturated rings. The predicted molar refractivity (Wildman–Crippen MR) is 154 cm³/mol. The van der Waals surface area contributed by atoms with Crippen molar-refractivity contribution in [3.05, 3.63) is 0 Å². The Bertz CT molecular complexity index is 894. The van der Waals surface area contributed by atoms with Gasteiger partial charge in [0.15, 0.2) is 0 Å². The second-order valence-corrected chi connectivity index (χ2v) is 12.5. The molecule has 0 aromatic carbocycles. The van der Waals surface area contributed by atoms with Gasteiger partial charge < -0.3 is 24.4 Å². The number of amides is 1. The molecule has 2 aliphatic heterocycles. The highest BCUT2D eigenvalue weighted by Gasteiger charge is 2.40. The Labute approximate surface area is 258 Å². The van der Waals surface area contributed by atoms with E-state index in [1.54, 1.807) is 4.90 Å². The molecule has 250 valence electrons. The number of hydrogen-bond donors (Lipinski definition) is 1. The molecular formula is C30H49ClF4N2O6. The Morgan fingerprint density at radius 1 is 0.721 bits per heavy atom. The summed E-state index contributed by atoms with van der Waals surface area (Å²) in [4.78, 5) is 36.9. The van der Waals surface area contributed by atoms with Crippen molar-refractivity contribution in [2.45, 2.75) is 114 Å². The van der Waals surface area contributed by atoms with Gasteiger partial charge in [-0.1, -0.05) is 0 Å². The Kier molecular flexibility index (Phi) is 14.8. The molecule has 2 aliphatic carbocycles. The van der Waals surface area contributed by atoms with Crippen LogP contribution in [0.25, 0.3) is 0 Å². The van der Waals surface area contributed by atoms with Gasteiger partial charge in [-0.3, -0.25) is 9.59 Å². The molecule has 1 amide bonds. The van der Waals surface area contributed by atoms with Gasteiger partial charge in [-0.05, 0) is 82.6 Å². The molecule has 4 unspecified atom stereocenters. The van der Waals surface area contributed by atoms with Crippen LogP contribution in [0.1, 0.15) is 89.9 Å². The van der Waals surface area contributed by atoms with Crippen LogP contribution in [0.2, 0.25) is 0 Å². The second kappa shape index (κ2) is 17.0. The van der Waals surface area contributed by atoms with E-state index in [-0.39, 0.29) is 79.9 Å². The minimum Gasteiger partial charge on any atom is -0.469 e. The number of alkyl halides is 4. The molecule has 2 saturated carbocycles. The van der Waals surface area contributed by atoms with Gasteiger partial charge in [0.1, 0.15) is 0 Å². The first kappa shape index (κ1) is 37.4. The van der Waals surface area contributed by atoms with Crippen molar-refractivity contribution in [3.63, 3.8) is 0 Å². The summed E-state index contributed by atoms with van der Waals surface area (Å²) in [6.45, 7) is 1.24. The number of carbonyl (C=O) groups is 3. The van der Waals surface area contributed by atoms with Crippen molar-refractivity contribution < 1.29 is 46.2 Å². The van der Waals surface area contributed by atoms with Crippen LogP contribution in [0, 0.1) is 23.7 Å². The molecule has 0 aromatic heterocycles. The summed E-state index contributed by atoms with van der Waals surface area (Å²) in [5.41, 5.74) is 0. The lowest BCUT2D eigenvalue weighted by molar-refractivity contribution is -0.148.